The van der Waals surface area contributed by atoms with Gasteiger partial charge >= 0.3 is 0 Å². The standard InChI is InChI=1S/C24H28N6O4/c25-21(31)16-27-8-10-29(11-9-27)23(32)19-14-28(13-18-7-4-12-34-18)15-20-22(19)26-30(24(20)33)17-5-2-1-3-6-17/h1-3,5-6,14-15,18H,4,7-13,16H2,(H2,25,31)/t18-/m1/s1. The topological polar surface area (TPSA) is 116 Å². The average molecular weight is 465 g/mol. The van der Waals surface area contributed by atoms with Crippen LogP contribution in [0.25, 0.3) is 16.9 Å². The third kappa shape index (κ3) is 4.46. The molecule has 10 nitrogen and oxygen atoms in total. The highest BCUT2D eigenvalue weighted by Crippen LogP contribution is 2.25. The van der Waals surface area contributed by atoms with E-state index in [1.165, 1.54) is 4.68 Å². The summed E-state index contributed by atoms with van der Waals surface area (Å²) in [4.78, 5) is 41.8. The first-order valence-corrected chi connectivity index (χ1v) is 11.6. The third-order valence-corrected chi connectivity index (χ3v) is 6.43. The Hall–Kier alpha value is -3.50. The van der Waals surface area contributed by atoms with Crippen LogP contribution in [0.2, 0.25) is 0 Å². The Balaban J connectivity index is 1.50. The molecule has 0 bridgehead atoms. The van der Waals surface area contributed by atoms with E-state index in [0.717, 1.165) is 19.4 Å². The van der Waals surface area contributed by atoms with Crippen molar-refractivity contribution in [2.45, 2.75) is 25.5 Å². The molecular formula is C24H28N6O4. The Morgan fingerprint density at radius 3 is 2.53 bits per heavy atom. The fourth-order valence-electron chi connectivity index (χ4n) is 4.69. The summed E-state index contributed by atoms with van der Waals surface area (Å²) in [5.41, 5.74) is 6.88. The SMILES string of the molecule is NC(=O)CN1CCN(C(=O)c2cn(C[C@H]3CCCO3)cc3c(=O)n(-c4ccccc4)nc2-3)CC1. The summed E-state index contributed by atoms with van der Waals surface area (Å²) >= 11 is 0. The Morgan fingerprint density at radius 2 is 1.85 bits per heavy atom. The quantitative estimate of drug-likeness (QED) is 0.570. The van der Waals surface area contributed by atoms with Gasteiger partial charge in [0.05, 0.1) is 29.5 Å². The molecular weight excluding hydrogens is 436 g/mol. The number of fused-ring (bicyclic) bond motifs is 1. The van der Waals surface area contributed by atoms with E-state index in [0.29, 0.717) is 55.2 Å². The van der Waals surface area contributed by atoms with Gasteiger partial charge < -0.3 is 19.9 Å². The molecule has 2 fully saturated rings. The van der Waals surface area contributed by atoms with Gasteiger partial charge in [-0.3, -0.25) is 19.3 Å². The summed E-state index contributed by atoms with van der Waals surface area (Å²) in [6.45, 7) is 3.54. The monoisotopic (exact) mass is 464 g/mol. The molecule has 2 N–H and O–H groups in total. The van der Waals surface area contributed by atoms with Crippen LogP contribution in [0.5, 0.6) is 0 Å². The van der Waals surface area contributed by atoms with Gasteiger partial charge in [-0.25, -0.2) is 0 Å². The number of hydrogen-bond donors (Lipinski definition) is 1. The van der Waals surface area contributed by atoms with E-state index in [-0.39, 0.29) is 30.0 Å². The van der Waals surface area contributed by atoms with Crippen LogP contribution in [-0.2, 0) is 16.1 Å². The molecule has 0 saturated carbocycles. The third-order valence-electron chi connectivity index (χ3n) is 6.43. The number of amides is 2. The van der Waals surface area contributed by atoms with Crippen molar-refractivity contribution < 1.29 is 14.3 Å². The van der Waals surface area contributed by atoms with E-state index in [1.54, 1.807) is 17.3 Å². The molecule has 34 heavy (non-hydrogen) atoms. The number of para-hydroxylation sites is 1. The summed E-state index contributed by atoms with van der Waals surface area (Å²) in [7, 11) is 0. The fourth-order valence-corrected chi connectivity index (χ4v) is 4.69. The van der Waals surface area contributed by atoms with E-state index in [4.69, 9.17) is 10.5 Å². The van der Waals surface area contributed by atoms with E-state index < -0.39 is 0 Å². The van der Waals surface area contributed by atoms with Gasteiger partial charge in [0.2, 0.25) is 5.91 Å². The lowest BCUT2D eigenvalue weighted by molar-refractivity contribution is -0.119. The van der Waals surface area contributed by atoms with Crippen LogP contribution in [-0.4, -0.2) is 81.4 Å². The maximum absolute atomic E-state index is 13.6. The zero-order valence-electron chi connectivity index (χ0n) is 18.9. The zero-order chi connectivity index (χ0) is 23.7. The number of nitrogens with two attached hydrogens (primary N) is 1. The molecule has 0 unspecified atom stereocenters. The van der Waals surface area contributed by atoms with Gasteiger partial charge in [0.15, 0.2) is 0 Å². The fraction of sp³-hybridized carbons (Fsp3) is 0.417. The zero-order valence-corrected chi connectivity index (χ0v) is 18.9. The number of rotatable bonds is 6. The van der Waals surface area contributed by atoms with Crippen molar-refractivity contribution in [1.29, 1.82) is 0 Å². The molecule has 0 aromatic heterocycles. The molecule has 2 saturated heterocycles. The molecule has 0 radical (unpaired) electrons. The van der Waals surface area contributed by atoms with Gasteiger partial charge in [-0.15, -0.1) is 0 Å². The predicted molar refractivity (Wildman–Crippen MR) is 125 cm³/mol. The van der Waals surface area contributed by atoms with Crippen molar-refractivity contribution >= 4 is 11.8 Å². The Morgan fingerprint density at radius 1 is 1.09 bits per heavy atom. The normalized spacial score (nSPS) is 19.1. The number of carbonyl (C=O) groups excluding carboxylic acids is 2. The largest absolute Gasteiger partial charge is 0.376 e. The minimum absolute atomic E-state index is 0.0574. The van der Waals surface area contributed by atoms with Crippen LogP contribution in [0.1, 0.15) is 23.2 Å². The highest BCUT2D eigenvalue weighted by Gasteiger charge is 2.30. The van der Waals surface area contributed by atoms with Crippen LogP contribution in [0, 0.1) is 0 Å². The van der Waals surface area contributed by atoms with Crippen molar-refractivity contribution in [3.8, 4) is 16.9 Å². The first kappa shape index (κ1) is 22.3. The summed E-state index contributed by atoms with van der Waals surface area (Å²) in [6.07, 6.45) is 5.57. The molecule has 4 aliphatic heterocycles. The highest BCUT2D eigenvalue weighted by molar-refractivity contribution is 6.00. The summed E-state index contributed by atoms with van der Waals surface area (Å²) < 4.78 is 9.01. The second-order valence-corrected chi connectivity index (χ2v) is 8.85. The Bertz CT molecular complexity index is 1210. The maximum Gasteiger partial charge on any atom is 0.282 e. The minimum atomic E-state index is -0.380. The molecule has 1 aromatic carbocycles. The van der Waals surface area contributed by atoms with Gasteiger partial charge in [-0.05, 0) is 25.0 Å². The van der Waals surface area contributed by atoms with E-state index in [1.807, 2.05) is 39.8 Å². The van der Waals surface area contributed by atoms with Crippen LogP contribution >= 0.6 is 0 Å². The van der Waals surface area contributed by atoms with Crippen molar-refractivity contribution in [2.24, 2.45) is 5.73 Å². The van der Waals surface area contributed by atoms with Gasteiger partial charge in [-0.1, -0.05) is 18.2 Å². The summed E-state index contributed by atoms with van der Waals surface area (Å²) in [5.74, 6) is -0.558. The predicted octanol–water partition coefficient (Wildman–Crippen LogP) is 0.561. The van der Waals surface area contributed by atoms with Crippen LogP contribution in [0.4, 0.5) is 0 Å². The van der Waals surface area contributed by atoms with Crippen LogP contribution in [0.3, 0.4) is 0 Å². The highest BCUT2D eigenvalue weighted by atomic mass is 16.5. The molecule has 4 heterocycles. The van der Waals surface area contributed by atoms with E-state index in [2.05, 4.69) is 5.10 Å². The molecule has 0 aliphatic carbocycles. The Kier molecular flexibility index (Phi) is 6.16. The number of hydrogen-bond acceptors (Lipinski definition) is 6. The van der Waals surface area contributed by atoms with Crippen LogP contribution in [0.15, 0.2) is 47.5 Å². The lowest BCUT2D eigenvalue weighted by Gasteiger charge is -2.34. The van der Waals surface area contributed by atoms with Gasteiger partial charge in [0, 0.05) is 51.7 Å². The Labute approximate surface area is 196 Å². The molecule has 178 valence electrons. The van der Waals surface area contributed by atoms with Crippen molar-refractivity contribution in [3.63, 3.8) is 0 Å². The first-order valence-electron chi connectivity index (χ1n) is 11.6. The molecule has 10 heteroatoms. The smallest absolute Gasteiger partial charge is 0.282 e. The number of nitrogens with zero attached hydrogens (tertiary/aromatic N) is 5. The van der Waals surface area contributed by atoms with Crippen molar-refractivity contribution in [2.75, 3.05) is 39.3 Å². The number of aromatic nitrogens is 3. The summed E-state index contributed by atoms with van der Waals surface area (Å²) in [6, 6.07) is 9.19. The van der Waals surface area contributed by atoms with E-state index in [9.17, 15) is 14.4 Å². The minimum Gasteiger partial charge on any atom is -0.376 e. The molecule has 2 amide bonds. The lowest BCUT2D eigenvalue weighted by atomic mass is 10.1. The van der Waals surface area contributed by atoms with Crippen molar-refractivity contribution in [1.82, 2.24) is 24.1 Å². The van der Waals surface area contributed by atoms with E-state index >= 15 is 0 Å². The van der Waals surface area contributed by atoms with Crippen molar-refractivity contribution in [3.05, 3.63) is 58.6 Å². The molecule has 1 aromatic rings. The number of ether oxygens (including phenoxy) is 1. The second kappa shape index (κ2) is 9.40. The van der Waals surface area contributed by atoms with Gasteiger partial charge in [0.1, 0.15) is 5.69 Å². The molecule has 0 spiro atoms. The second-order valence-electron chi connectivity index (χ2n) is 8.85. The maximum atomic E-state index is 13.6. The molecule has 1 atom stereocenters. The first-order chi connectivity index (χ1) is 16.5. The van der Waals surface area contributed by atoms with Gasteiger partial charge in [-0.2, -0.15) is 9.78 Å². The summed E-state index contributed by atoms with van der Waals surface area (Å²) in [5, 5.41) is 4.57. The number of pyridine rings is 1. The lowest BCUT2D eigenvalue weighted by Crippen LogP contribution is -2.50. The number of piperazine rings is 1. The number of primary amides is 1. The number of carbonyl (C=O) groups is 2. The average Bonchev–Trinajstić information content (AvgIpc) is 3.47. The number of benzene rings is 1. The van der Waals surface area contributed by atoms with Crippen LogP contribution < -0.4 is 11.3 Å². The molecule has 4 aliphatic rings. The molecule has 5 rings (SSSR count). The van der Waals surface area contributed by atoms with Gasteiger partial charge in [0.25, 0.3) is 11.5 Å².